The molecule has 64 valence electrons. The van der Waals surface area contributed by atoms with Gasteiger partial charge in [-0.3, -0.25) is 0 Å². The fraction of sp³-hybridized carbons (Fsp3) is 0.333. The highest BCUT2D eigenvalue weighted by atomic mass is 16.5. The average molecular weight is 168 g/mol. The fourth-order valence-corrected chi connectivity index (χ4v) is 0.599. The summed E-state index contributed by atoms with van der Waals surface area (Å²) in [6.07, 6.45) is 1.39. The number of rotatable bonds is 2. The quantitative estimate of drug-likeness (QED) is 0.384. The average Bonchev–Trinajstić information content (AvgIpc) is 2.17. The highest BCUT2D eigenvalue weighted by Crippen LogP contribution is 2.00. The van der Waals surface area contributed by atoms with E-state index >= 15 is 0 Å². The van der Waals surface area contributed by atoms with Gasteiger partial charge in [0, 0.05) is 0 Å². The molecule has 0 spiro atoms. The molecule has 0 aliphatic rings. The van der Waals surface area contributed by atoms with Gasteiger partial charge < -0.3 is 9.94 Å². The van der Waals surface area contributed by atoms with E-state index in [0.29, 0.717) is 11.4 Å². The third-order valence-electron chi connectivity index (χ3n) is 1.24. The van der Waals surface area contributed by atoms with Gasteiger partial charge in [-0.15, -0.1) is 0 Å². The molecule has 1 aromatic heterocycles. The number of hydrogen-bond acceptors (Lipinski definition) is 6. The summed E-state index contributed by atoms with van der Waals surface area (Å²) in [6.45, 7) is 1.60. The van der Waals surface area contributed by atoms with E-state index in [1.165, 1.54) is 13.3 Å². The molecule has 1 heterocycles. The van der Waals surface area contributed by atoms with Crippen LogP contribution in [0.1, 0.15) is 12.6 Å². The van der Waals surface area contributed by atoms with Crippen molar-refractivity contribution in [2.24, 2.45) is 5.16 Å². The van der Waals surface area contributed by atoms with Gasteiger partial charge in [0.15, 0.2) is 0 Å². The summed E-state index contributed by atoms with van der Waals surface area (Å²) in [5.74, 6) is 0. The molecule has 6 heteroatoms. The van der Waals surface area contributed by atoms with Crippen molar-refractivity contribution in [1.29, 1.82) is 0 Å². The first-order chi connectivity index (χ1) is 5.77. The predicted octanol–water partition coefficient (Wildman–Crippen LogP) is 0.0784. The van der Waals surface area contributed by atoms with Crippen molar-refractivity contribution in [2.45, 2.75) is 6.92 Å². The van der Waals surface area contributed by atoms with Crippen LogP contribution < -0.4 is 4.74 Å². The number of aromatic nitrogens is 3. The van der Waals surface area contributed by atoms with Crippen molar-refractivity contribution in [3.8, 4) is 6.01 Å². The topological polar surface area (TPSA) is 80.5 Å². The van der Waals surface area contributed by atoms with E-state index in [9.17, 15) is 0 Å². The molecular weight excluding hydrogens is 160 g/mol. The van der Waals surface area contributed by atoms with Crippen LogP contribution in [0, 0.1) is 0 Å². The Morgan fingerprint density at radius 2 is 2.42 bits per heavy atom. The Labute approximate surface area is 68.9 Å². The molecule has 1 N–H and O–H groups in total. The van der Waals surface area contributed by atoms with Crippen LogP contribution >= 0.6 is 0 Å². The number of methoxy groups -OCH3 is 1. The number of nitrogens with zero attached hydrogens (tertiary/aromatic N) is 4. The summed E-state index contributed by atoms with van der Waals surface area (Å²) in [5, 5.41) is 18.5. The van der Waals surface area contributed by atoms with Crippen LogP contribution in [-0.2, 0) is 0 Å². The summed E-state index contributed by atoms with van der Waals surface area (Å²) in [4.78, 5) is 3.88. The molecule has 6 nitrogen and oxygen atoms in total. The van der Waals surface area contributed by atoms with E-state index in [1.807, 2.05) is 0 Å². The lowest BCUT2D eigenvalue weighted by atomic mass is 10.3. The number of oxime groups is 1. The monoisotopic (exact) mass is 168 g/mol. The normalized spacial score (nSPS) is 11.3. The zero-order valence-corrected chi connectivity index (χ0v) is 6.72. The first kappa shape index (κ1) is 8.38. The third kappa shape index (κ3) is 1.66. The van der Waals surface area contributed by atoms with E-state index in [2.05, 4.69) is 20.3 Å². The molecule has 0 atom stereocenters. The smallest absolute Gasteiger partial charge is 0.336 e. The van der Waals surface area contributed by atoms with Crippen molar-refractivity contribution in [2.75, 3.05) is 7.11 Å². The number of ether oxygens (including phenoxy) is 1. The van der Waals surface area contributed by atoms with Crippen LogP contribution in [0.4, 0.5) is 0 Å². The van der Waals surface area contributed by atoms with Gasteiger partial charge in [0.2, 0.25) is 0 Å². The van der Waals surface area contributed by atoms with Gasteiger partial charge in [-0.2, -0.15) is 10.1 Å². The van der Waals surface area contributed by atoms with Crippen LogP contribution in [0.25, 0.3) is 0 Å². The maximum atomic E-state index is 8.41. The van der Waals surface area contributed by atoms with Gasteiger partial charge in [0.1, 0.15) is 11.4 Å². The van der Waals surface area contributed by atoms with Gasteiger partial charge in [-0.1, -0.05) is 10.3 Å². The molecule has 0 saturated heterocycles. The molecule has 1 aromatic rings. The molecule has 0 aliphatic heterocycles. The second-order valence-corrected chi connectivity index (χ2v) is 2.01. The van der Waals surface area contributed by atoms with Gasteiger partial charge >= 0.3 is 6.01 Å². The Kier molecular flexibility index (Phi) is 2.52. The molecule has 0 aliphatic carbocycles. The molecule has 0 saturated carbocycles. The fourth-order valence-electron chi connectivity index (χ4n) is 0.599. The minimum atomic E-state index is 0.149. The van der Waals surface area contributed by atoms with Crippen molar-refractivity contribution in [1.82, 2.24) is 15.2 Å². The predicted molar refractivity (Wildman–Crippen MR) is 40.4 cm³/mol. The molecule has 0 amide bonds. The molecule has 1 rings (SSSR count). The van der Waals surface area contributed by atoms with Gasteiger partial charge in [0.05, 0.1) is 13.3 Å². The number of hydrogen-bond donors (Lipinski definition) is 1. The van der Waals surface area contributed by atoms with Crippen molar-refractivity contribution in [3.05, 3.63) is 11.9 Å². The molecule has 0 bridgehead atoms. The highest BCUT2D eigenvalue weighted by Gasteiger charge is 2.02. The lowest BCUT2D eigenvalue weighted by Gasteiger charge is -1.98. The summed E-state index contributed by atoms with van der Waals surface area (Å²) in [6, 6.07) is 0.149. The van der Waals surface area contributed by atoms with E-state index < -0.39 is 0 Å². The summed E-state index contributed by atoms with van der Waals surface area (Å²) >= 11 is 0. The Morgan fingerprint density at radius 1 is 1.67 bits per heavy atom. The molecule has 0 unspecified atom stereocenters. The van der Waals surface area contributed by atoms with E-state index in [1.54, 1.807) is 6.92 Å². The summed E-state index contributed by atoms with van der Waals surface area (Å²) < 4.78 is 4.73. The first-order valence-corrected chi connectivity index (χ1v) is 3.20. The third-order valence-corrected chi connectivity index (χ3v) is 1.24. The van der Waals surface area contributed by atoms with Crippen molar-refractivity contribution >= 4 is 5.71 Å². The Balaban J connectivity index is 3.02. The zero-order valence-electron chi connectivity index (χ0n) is 6.72. The van der Waals surface area contributed by atoms with E-state index in [0.717, 1.165) is 0 Å². The Morgan fingerprint density at radius 3 is 3.00 bits per heavy atom. The minimum Gasteiger partial charge on any atom is -0.466 e. The lowest BCUT2D eigenvalue weighted by molar-refractivity contribution is 0.318. The second-order valence-electron chi connectivity index (χ2n) is 2.01. The first-order valence-electron chi connectivity index (χ1n) is 3.20. The maximum absolute atomic E-state index is 8.41. The summed E-state index contributed by atoms with van der Waals surface area (Å²) in [5.41, 5.74) is 0.799. The maximum Gasteiger partial charge on any atom is 0.336 e. The van der Waals surface area contributed by atoms with Gasteiger partial charge in [0.25, 0.3) is 0 Å². The molecular formula is C6H8N4O2. The van der Waals surface area contributed by atoms with Crippen molar-refractivity contribution in [3.63, 3.8) is 0 Å². The SMILES string of the molecule is COc1nncc(/C(C)=N/O)n1. The van der Waals surface area contributed by atoms with Crippen molar-refractivity contribution < 1.29 is 9.94 Å². The Hall–Kier alpha value is -1.72. The molecule has 0 radical (unpaired) electrons. The van der Waals surface area contributed by atoms with Crippen LogP contribution in [0.3, 0.4) is 0 Å². The second kappa shape index (κ2) is 3.61. The lowest BCUT2D eigenvalue weighted by Crippen LogP contribution is -2.03. The van der Waals surface area contributed by atoms with Crippen LogP contribution in [0.2, 0.25) is 0 Å². The standard InChI is InChI=1S/C6H8N4O2/c1-4(10-11)5-3-7-9-6(8-5)12-2/h3,11H,1-2H3/b10-4+. The molecule has 0 aromatic carbocycles. The van der Waals surface area contributed by atoms with E-state index in [4.69, 9.17) is 9.94 Å². The van der Waals surface area contributed by atoms with Crippen LogP contribution in [-0.4, -0.2) is 33.2 Å². The zero-order chi connectivity index (χ0) is 8.97. The Bertz CT molecular complexity index is 299. The van der Waals surface area contributed by atoms with E-state index in [-0.39, 0.29) is 6.01 Å². The summed E-state index contributed by atoms with van der Waals surface area (Å²) in [7, 11) is 1.44. The minimum absolute atomic E-state index is 0.149. The van der Waals surface area contributed by atoms with Crippen LogP contribution in [0.5, 0.6) is 6.01 Å². The molecule has 0 fully saturated rings. The highest BCUT2D eigenvalue weighted by molar-refractivity contribution is 5.96. The van der Waals surface area contributed by atoms with Gasteiger partial charge in [-0.05, 0) is 6.92 Å². The largest absolute Gasteiger partial charge is 0.466 e. The van der Waals surface area contributed by atoms with Gasteiger partial charge in [-0.25, -0.2) is 0 Å². The van der Waals surface area contributed by atoms with Crippen LogP contribution in [0.15, 0.2) is 11.4 Å². The molecule has 12 heavy (non-hydrogen) atoms.